The average molecular weight is 284 g/mol. The van der Waals surface area contributed by atoms with Gasteiger partial charge in [-0.3, -0.25) is 9.79 Å². The highest BCUT2D eigenvalue weighted by atomic mass is 16.3. The number of hydrogen-bond acceptors (Lipinski definition) is 4. The summed E-state index contributed by atoms with van der Waals surface area (Å²) in [5.41, 5.74) is 2.02. The van der Waals surface area contributed by atoms with E-state index in [2.05, 4.69) is 4.99 Å². The zero-order valence-electron chi connectivity index (χ0n) is 11.9. The number of nitrogens with zero attached hydrogens (tertiary/aromatic N) is 2. The van der Waals surface area contributed by atoms with Crippen LogP contribution in [0.5, 0.6) is 5.75 Å². The molecule has 1 aliphatic heterocycles. The van der Waals surface area contributed by atoms with Gasteiger partial charge in [0.2, 0.25) is 0 Å². The van der Waals surface area contributed by atoms with Crippen LogP contribution in [-0.4, -0.2) is 29.3 Å². The fourth-order valence-corrected chi connectivity index (χ4v) is 2.55. The van der Waals surface area contributed by atoms with Crippen molar-refractivity contribution in [2.45, 2.75) is 19.9 Å². The summed E-state index contributed by atoms with van der Waals surface area (Å²) in [5, 5.41) is 9.80. The molecule has 0 radical (unpaired) electrons. The molecule has 1 N–H and O–H groups in total. The lowest BCUT2D eigenvalue weighted by atomic mass is 10.0. The lowest BCUT2D eigenvalue weighted by Gasteiger charge is -2.22. The zero-order chi connectivity index (χ0) is 15.0. The van der Waals surface area contributed by atoms with E-state index in [0.29, 0.717) is 23.6 Å². The molecule has 0 fully saturated rings. The topological polar surface area (TPSA) is 66.0 Å². The van der Waals surface area contributed by atoms with Crippen molar-refractivity contribution < 1.29 is 14.3 Å². The van der Waals surface area contributed by atoms with Crippen molar-refractivity contribution in [3.63, 3.8) is 0 Å². The maximum absolute atomic E-state index is 12.5. The van der Waals surface area contributed by atoms with Gasteiger partial charge in [0.05, 0.1) is 12.0 Å². The first kappa shape index (κ1) is 13.4. The molecule has 1 aliphatic rings. The lowest BCUT2D eigenvalue weighted by molar-refractivity contribution is -0.119. The smallest absolute Gasteiger partial charge is 0.251 e. The molecule has 1 atom stereocenters. The van der Waals surface area contributed by atoms with Crippen LogP contribution in [0.1, 0.15) is 25.2 Å². The van der Waals surface area contributed by atoms with E-state index in [1.165, 1.54) is 0 Å². The van der Waals surface area contributed by atoms with E-state index in [9.17, 15) is 9.90 Å². The molecule has 5 nitrogen and oxygen atoms in total. The summed E-state index contributed by atoms with van der Waals surface area (Å²) in [6.07, 6.45) is 1.56. The molecule has 5 heteroatoms. The molecular weight excluding hydrogens is 268 g/mol. The third kappa shape index (κ3) is 2.20. The van der Waals surface area contributed by atoms with Crippen molar-refractivity contribution >= 4 is 17.3 Å². The van der Waals surface area contributed by atoms with Crippen LogP contribution in [-0.2, 0) is 4.79 Å². The number of benzene rings is 1. The van der Waals surface area contributed by atoms with E-state index in [0.717, 1.165) is 5.69 Å². The Labute approximate surface area is 122 Å². The molecule has 0 saturated heterocycles. The van der Waals surface area contributed by atoms with Crippen LogP contribution >= 0.6 is 0 Å². The second-order valence-electron chi connectivity index (χ2n) is 4.91. The first-order chi connectivity index (χ1) is 10.1. The number of aromatic hydroxyl groups is 1. The van der Waals surface area contributed by atoms with Crippen molar-refractivity contribution in [1.29, 1.82) is 0 Å². The predicted molar refractivity (Wildman–Crippen MR) is 79.9 cm³/mol. The molecule has 21 heavy (non-hydrogen) atoms. The Morgan fingerprint density at radius 3 is 2.86 bits per heavy atom. The highest BCUT2D eigenvalue weighted by Gasteiger charge is 2.29. The third-order valence-electron chi connectivity index (χ3n) is 3.54. The number of hydrogen-bond donors (Lipinski definition) is 1. The molecule has 108 valence electrons. The van der Waals surface area contributed by atoms with E-state index in [1.54, 1.807) is 48.4 Å². The molecule has 3 rings (SSSR count). The summed E-state index contributed by atoms with van der Waals surface area (Å²) in [6, 6.07) is 8.00. The SMILES string of the molecule is CCN1C(=O)[C@H](C)N=C(c2ccco2)c2cc(O)ccc21. The first-order valence-corrected chi connectivity index (χ1v) is 6.88. The van der Waals surface area contributed by atoms with E-state index in [4.69, 9.17) is 4.42 Å². The largest absolute Gasteiger partial charge is 0.508 e. The molecule has 1 aromatic heterocycles. The number of carbonyl (C=O) groups is 1. The van der Waals surface area contributed by atoms with Crippen LogP contribution in [0.2, 0.25) is 0 Å². The van der Waals surface area contributed by atoms with Crippen molar-refractivity contribution in [2.24, 2.45) is 4.99 Å². The van der Waals surface area contributed by atoms with Gasteiger partial charge in [0.15, 0.2) is 5.76 Å². The summed E-state index contributed by atoms with van der Waals surface area (Å²) >= 11 is 0. The Bertz CT molecular complexity index is 704. The lowest BCUT2D eigenvalue weighted by Crippen LogP contribution is -2.36. The van der Waals surface area contributed by atoms with Gasteiger partial charge in [0.1, 0.15) is 17.5 Å². The quantitative estimate of drug-likeness (QED) is 0.921. The minimum atomic E-state index is -0.500. The molecular formula is C16H16N2O3. The minimum Gasteiger partial charge on any atom is -0.508 e. The highest BCUT2D eigenvalue weighted by Crippen LogP contribution is 2.31. The number of amides is 1. The summed E-state index contributed by atoms with van der Waals surface area (Å²) < 4.78 is 5.44. The molecule has 0 bridgehead atoms. The number of benzodiazepines with no additional fused rings is 1. The molecule has 2 aromatic rings. The van der Waals surface area contributed by atoms with Crippen LogP contribution in [0, 0.1) is 0 Å². The minimum absolute atomic E-state index is 0.0639. The van der Waals surface area contributed by atoms with Gasteiger partial charge in [-0.05, 0) is 44.2 Å². The number of phenolic OH excluding ortho intramolecular Hbond substituents is 1. The summed E-state index contributed by atoms with van der Waals surface area (Å²) in [7, 11) is 0. The van der Waals surface area contributed by atoms with Crippen LogP contribution < -0.4 is 4.90 Å². The van der Waals surface area contributed by atoms with Gasteiger partial charge < -0.3 is 14.4 Å². The van der Waals surface area contributed by atoms with Crippen molar-refractivity contribution in [3.8, 4) is 5.75 Å². The van der Waals surface area contributed by atoms with Crippen molar-refractivity contribution in [2.75, 3.05) is 11.4 Å². The fourth-order valence-electron chi connectivity index (χ4n) is 2.55. The number of likely N-dealkylation sites (N-methyl/N-ethyl adjacent to an activating group) is 1. The van der Waals surface area contributed by atoms with Crippen molar-refractivity contribution in [3.05, 3.63) is 47.9 Å². The second-order valence-corrected chi connectivity index (χ2v) is 4.91. The molecule has 0 aliphatic carbocycles. The van der Waals surface area contributed by atoms with Gasteiger partial charge in [-0.25, -0.2) is 0 Å². The van der Waals surface area contributed by atoms with E-state index < -0.39 is 6.04 Å². The maximum atomic E-state index is 12.5. The van der Waals surface area contributed by atoms with Crippen molar-refractivity contribution in [1.82, 2.24) is 0 Å². The van der Waals surface area contributed by atoms with E-state index in [1.807, 2.05) is 6.92 Å². The summed E-state index contributed by atoms with van der Waals surface area (Å²) in [5.74, 6) is 0.650. The molecule has 0 unspecified atom stereocenters. The van der Waals surface area contributed by atoms with Crippen LogP contribution in [0.15, 0.2) is 46.0 Å². The normalized spacial score (nSPS) is 18.2. The Morgan fingerprint density at radius 1 is 1.38 bits per heavy atom. The van der Waals surface area contributed by atoms with E-state index in [-0.39, 0.29) is 11.7 Å². The van der Waals surface area contributed by atoms with Gasteiger partial charge in [-0.15, -0.1) is 0 Å². The van der Waals surface area contributed by atoms with Gasteiger partial charge in [0.25, 0.3) is 5.91 Å². The maximum Gasteiger partial charge on any atom is 0.251 e. The highest BCUT2D eigenvalue weighted by molar-refractivity contribution is 6.19. The number of aliphatic imine (C=N–C) groups is 1. The molecule has 1 amide bonds. The Hall–Kier alpha value is -2.56. The zero-order valence-corrected chi connectivity index (χ0v) is 11.9. The third-order valence-corrected chi connectivity index (χ3v) is 3.54. The first-order valence-electron chi connectivity index (χ1n) is 6.88. The number of phenols is 1. The standard InChI is InChI=1S/C16H16N2O3/c1-3-18-13-7-6-11(19)9-12(13)15(14-5-4-8-21-14)17-10(2)16(18)20/h4-10,19H,3H2,1-2H3/t10-/m0/s1. The predicted octanol–water partition coefficient (Wildman–Crippen LogP) is 2.58. The van der Waals surface area contributed by atoms with Gasteiger partial charge in [0, 0.05) is 12.1 Å². The van der Waals surface area contributed by atoms with Crippen LogP contribution in [0.3, 0.4) is 0 Å². The number of rotatable bonds is 2. The van der Waals surface area contributed by atoms with Crippen LogP contribution in [0.25, 0.3) is 0 Å². The Balaban J connectivity index is 2.27. The van der Waals surface area contributed by atoms with Gasteiger partial charge in [-0.1, -0.05) is 0 Å². The second kappa shape index (κ2) is 5.09. The number of furan rings is 1. The Kier molecular flexibility index (Phi) is 3.25. The Morgan fingerprint density at radius 2 is 2.19 bits per heavy atom. The van der Waals surface area contributed by atoms with E-state index >= 15 is 0 Å². The monoisotopic (exact) mass is 284 g/mol. The number of carbonyl (C=O) groups excluding carboxylic acids is 1. The fraction of sp³-hybridized carbons (Fsp3) is 0.250. The van der Waals surface area contributed by atoms with Gasteiger partial charge in [-0.2, -0.15) is 0 Å². The average Bonchev–Trinajstić information content (AvgIpc) is 2.97. The molecule has 2 heterocycles. The molecule has 1 aromatic carbocycles. The molecule has 0 saturated carbocycles. The number of anilines is 1. The summed E-state index contributed by atoms with van der Waals surface area (Å²) in [6.45, 7) is 4.22. The molecule has 0 spiro atoms. The van der Waals surface area contributed by atoms with Crippen LogP contribution in [0.4, 0.5) is 5.69 Å². The summed E-state index contributed by atoms with van der Waals surface area (Å²) in [4.78, 5) is 18.6. The van der Waals surface area contributed by atoms with Gasteiger partial charge >= 0.3 is 0 Å². The number of fused-ring (bicyclic) bond motifs is 1.